The molecule has 0 unspecified atom stereocenters. The van der Waals surface area contributed by atoms with Crippen LogP contribution in [0.5, 0.6) is 0 Å². The van der Waals surface area contributed by atoms with Crippen LogP contribution in [0.25, 0.3) is 11.3 Å². The third kappa shape index (κ3) is 4.02. The Bertz CT molecular complexity index is 785. The minimum absolute atomic E-state index is 0.100. The van der Waals surface area contributed by atoms with Crippen molar-refractivity contribution in [2.75, 3.05) is 0 Å². The van der Waals surface area contributed by atoms with E-state index in [2.05, 4.69) is 10.3 Å². The Balaban J connectivity index is 1.64. The second kappa shape index (κ2) is 7.15. The Labute approximate surface area is 137 Å². The topological polar surface area (TPSA) is 42.0 Å². The van der Waals surface area contributed by atoms with E-state index in [0.717, 1.165) is 22.4 Å². The summed E-state index contributed by atoms with van der Waals surface area (Å²) >= 11 is 1.61. The summed E-state index contributed by atoms with van der Waals surface area (Å²) in [5.74, 6) is -0.401. The molecular formula is C18H15FN2OS. The molecule has 0 aliphatic rings. The predicted octanol–water partition coefficient (Wildman–Crippen LogP) is 3.81. The zero-order valence-electron chi connectivity index (χ0n) is 12.3. The highest BCUT2D eigenvalue weighted by molar-refractivity contribution is 7.08. The summed E-state index contributed by atoms with van der Waals surface area (Å²) in [6.07, 6.45) is 1.98. The minimum Gasteiger partial charge on any atom is -0.352 e. The molecule has 0 atom stereocenters. The van der Waals surface area contributed by atoms with Crippen LogP contribution in [-0.2, 0) is 17.8 Å². The first-order chi connectivity index (χ1) is 11.2. The van der Waals surface area contributed by atoms with E-state index in [0.29, 0.717) is 6.54 Å². The van der Waals surface area contributed by atoms with E-state index in [1.165, 1.54) is 12.1 Å². The van der Waals surface area contributed by atoms with Crippen molar-refractivity contribution in [3.8, 4) is 11.3 Å². The zero-order valence-corrected chi connectivity index (χ0v) is 13.1. The molecule has 2 heterocycles. The van der Waals surface area contributed by atoms with E-state index in [-0.39, 0.29) is 18.1 Å². The van der Waals surface area contributed by atoms with E-state index in [1.54, 1.807) is 29.7 Å². The Morgan fingerprint density at radius 3 is 2.74 bits per heavy atom. The third-order valence-electron chi connectivity index (χ3n) is 3.44. The molecule has 23 heavy (non-hydrogen) atoms. The largest absolute Gasteiger partial charge is 0.352 e. The summed E-state index contributed by atoms with van der Waals surface area (Å²) in [5, 5.41) is 6.93. The molecule has 116 valence electrons. The Morgan fingerprint density at radius 1 is 1.17 bits per heavy atom. The number of benzene rings is 1. The van der Waals surface area contributed by atoms with Crippen LogP contribution in [0.3, 0.4) is 0 Å². The van der Waals surface area contributed by atoms with Crippen molar-refractivity contribution < 1.29 is 9.18 Å². The van der Waals surface area contributed by atoms with E-state index in [1.807, 2.05) is 29.0 Å². The maximum Gasteiger partial charge on any atom is 0.224 e. The average molecular weight is 326 g/mol. The smallest absolute Gasteiger partial charge is 0.224 e. The highest BCUT2D eigenvalue weighted by atomic mass is 32.1. The van der Waals surface area contributed by atoms with Gasteiger partial charge in [0.15, 0.2) is 0 Å². The van der Waals surface area contributed by atoms with Gasteiger partial charge in [0.1, 0.15) is 5.82 Å². The van der Waals surface area contributed by atoms with Crippen LogP contribution >= 0.6 is 11.3 Å². The van der Waals surface area contributed by atoms with Crippen LogP contribution in [-0.4, -0.2) is 10.9 Å². The first-order valence-electron chi connectivity index (χ1n) is 7.20. The van der Waals surface area contributed by atoms with Crippen LogP contribution in [0.1, 0.15) is 11.1 Å². The van der Waals surface area contributed by atoms with Gasteiger partial charge in [-0.1, -0.05) is 18.2 Å². The lowest BCUT2D eigenvalue weighted by molar-refractivity contribution is -0.120. The molecule has 0 aliphatic carbocycles. The summed E-state index contributed by atoms with van der Waals surface area (Å²) in [7, 11) is 0. The number of nitrogens with one attached hydrogen (secondary N) is 1. The number of nitrogens with zero attached hydrogens (tertiary/aromatic N) is 1. The molecule has 3 rings (SSSR count). The van der Waals surface area contributed by atoms with E-state index < -0.39 is 0 Å². The number of amides is 1. The maximum absolute atomic E-state index is 12.9. The summed E-state index contributed by atoms with van der Waals surface area (Å²) in [5.41, 5.74) is 3.70. The molecule has 0 saturated carbocycles. The minimum atomic E-state index is -0.301. The fourth-order valence-corrected chi connectivity index (χ4v) is 2.92. The highest BCUT2D eigenvalue weighted by Gasteiger charge is 2.09. The van der Waals surface area contributed by atoms with Gasteiger partial charge in [-0.25, -0.2) is 4.39 Å². The van der Waals surface area contributed by atoms with Gasteiger partial charge in [-0.15, -0.1) is 0 Å². The van der Waals surface area contributed by atoms with Crippen molar-refractivity contribution in [2.24, 2.45) is 0 Å². The fraction of sp³-hybridized carbons (Fsp3) is 0.111. The molecular weight excluding hydrogens is 311 g/mol. The summed E-state index contributed by atoms with van der Waals surface area (Å²) in [4.78, 5) is 16.5. The average Bonchev–Trinajstić information content (AvgIpc) is 3.10. The van der Waals surface area contributed by atoms with Crippen molar-refractivity contribution in [3.63, 3.8) is 0 Å². The molecule has 1 amide bonds. The molecule has 0 spiro atoms. The molecule has 5 heteroatoms. The van der Waals surface area contributed by atoms with Gasteiger partial charge in [-0.3, -0.25) is 9.78 Å². The van der Waals surface area contributed by atoms with Crippen molar-refractivity contribution in [2.45, 2.75) is 13.0 Å². The number of carbonyl (C=O) groups is 1. The molecule has 3 aromatic rings. The van der Waals surface area contributed by atoms with Crippen LogP contribution in [0.15, 0.2) is 59.4 Å². The number of rotatable bonds is 5. The van der Waals surface area contributed by atoms with Gasteiger partial charge in [-0.2, -0.15) is 11.3 Å². The predicted molar refractivity (Wildman–Crippen MR) is 89.5 cm³/mol. The molecule has 1 aromatic carbocycles. The van der Waals surface area contributed by atoms with Crippen molar-refractivity contribution in [1.29, 1.82) is 0 Å². The number of aromatic nitrogens is 1. The maximum atomic E-state index is 12.9. The SMILES string of the molecule is O=C(Cc1ccc(F)cc1)NCc1cccnc1-c1ccsc1. The number of pyridine rings is 1. The molecule has 2 aromatic heterocycles. The number of hydrogen-bond donors (Lipinski definition) is 1. The third-order valence-corrected chi connectivity index (χ3v) is 4.12. The Hall–Kier alpha value is -2.53. The molecule has 0 radical (unpaired) electrons. The van der Waals surface area contributed by atoms with E-state index >= 15 is 0 Å². The normalized spacial score (nSPS) is 10.5. The second-order valence-electron chi connectivity index (χ2n) is 5.10. The standard InChI is InChI=1S/C18H15FN2OS/c19-16-5-3-13(4-6-16)10-17(22)21-11-14-2-1-8-20-18(14)15-7-9-23-12-15/h1-9,12H,10-11H2,(H,21,22). The number of halogens is 1. The van der Waals surface area contributed by atoms with Crippen LogP contribution in [0.4, 0.5) is 4.39 Å². The fourth-order valence-electron chi connectivity index (χ4n) is 2.28. The molecule has 0 fully saturated rings. The lowest BCUT2D eigenvalue weighted by Crippen LogP contribution is -2.24. The number of carbonyl (C=O) groups excluding carboxylic acids is 1. The number of hydrogen-bond acceptors (Lipinski definition) is 3. The first-order valence-corrected chi connectivity index (χ1v) is 8.14. The van der Waals surface area contributed by atoms with Crippen LogP contribution in [0.2, 0.25) is 0 Å². The molecule has 0 aliphatic heterocycles. The van der Waals surface area contributed by atoms with Crippen LogP contribution in [0, 0.1) is 5.82 Å². The van der Waals surface area contributed by atoms with Gasteiger partial charge in [0.05, 0.1) is 12.1 Å². The van der Waals surface area contributed by atoms with Gasteiger partial charge in [0, 0.05) is 23.7 Å². The van der Waals surface area contributed by atoms with Gasteiger partial charge in [0.25, 0.3) is 0 Å². The van der Waals surface area contributed by atoms with Crippen molar-refractivity contribution in [3.05, 3.63) is 76.4 Å². The van der Waals surface area contributed by atoms with Crippen LogP contribution < -0.4 is 5.32 Å². The Morgan fingerprint density at radius 2 is 2.00 bits per heavy atom. The first kappa shape index (κ1) is 15.4. The molecule has 0 saturated heterocycles. The van der Waals surface area contributed by atoms with Crippen molar-refractivity contribution >= 4 is 17.2 Å². The summed E-state index contributed by atoms with van der Waals surface area (Å²) < 4.78 is 12.9. The molecule has 0 bridgehead atoms. The van der Waals surface area contributed by atoms with Crippen molar-refractivity contribution in [1.82, 2.24) is 10.3 Å². The summed E-state index contributed by atoms with van der Waals surface area (Å²) in [6.45, 7) is 0.416. The molecule has 3 nitrogen and oxygen atoms in total. The quantitative estimate of drug-likeness (QED) is 0.775. The zero-order chi connectivity index (χ0) is 16.1. The van der Waals surface area contributed by atoms with E-state index in [9.17, 15) is 9.18 Å². The van der Waals surface area contributed by atoms with E-state index in [4.69, 9.17) is 0 Å². The van der Waals surface area contributed by atoms with Gasteiger partial charge in [0.2, 0.25) is 5.91 Å². The monoisotopic (exact) mass is 326 g/mol. The summed E-state index contributed by atoms with van der Waals surface area (Å²) in [6, 6.07) is 11.8. The van der Waals surface area contributed by atoms with Gasteiger partial charge < -0.3 is 5.32 Å². The molecule has 1 N–H and O–H groups in total. The second-order valence-corrected chi connectivity index (χ2v) is 5.88. The van der Waals surface area contributed by atoms with Gasteiger partial charge in [-0.05, 0) is 40.8 Å². The highest BCUT2D eigenvalue weighted by Crippen LogP contribution is 2.23. The number of thiophene rings is 1. The Kier molecular flexibility index (Phi) is 4.78. The van der Waals surface area contributed by atoms with Gasteiger partial charge >= 0.3 is 0 Å². The lowest BCUT2D eigenvalue weighted by atomic mass is 10.1. The lowest BCUT2D eigenvalue weighted by Gasteiger charge is -2.09.